The summed E-state index contributed by atoms with van der Waals surface area (Å²) in [7, 11) is 0. The van der Waals surface area contributed by atoms with Gasteiger partial charge in [-0.15, -0.1) is 0 Å². The minimum atomic E-state index is 0.285. The van der Waals surface area contributed by atoms with Gasteiger partial charge in [-0.3, -0.25) is 9.58 Å². The molecule has 2 heterocycles. The van der Waals surface area contributed by atoms with E-state index in [9.17, 15) is 0 Å². The number of rotatable bonds is 6. The molecule has 0 radical (unpaired) electrons. The Hall–Kier alpha value is -0.910. The Morgan fingerprint density at radius 3 is 2.57 bits per heavy atom. The average Bonchev–Trinajstić information content (AvgIpc) is 3.07. The van der Waals surface area contributed by atoms with E-state index in [1.54, 1.807) is 0 Å². The van der Waals surface area contributed by atoms with Crippen molar-refractivity contribution < 1.29 is 4.74 Å². The van der Waals surface area contributed by atoms with E-state index in [0.717, 1.165) is 45.1 Å². The highest BCUT2D eigenvalue weighted by Crippen LogP contribution is 2.31. The third kappa shape index (κ3) is 4.34. The van der Waals surface area contributed by atoms with Crippen LogP contribution < -0.4 is 5.32 Å². The predicted molar refractivity (Wildman–Crippen MR) is 92.8 cm³/mol. The quantitative estimate of drug-likeness (QED) is 0.872. The van der Waals surface area contributed by atoms with Crippen LogP contribution in [0.3, 0.4) is 0 Å². The number of aromatic nitrogens is 2. The molecular weight excluding hydrogens is 288 g/mol. The molecule has 0 unspecified atom stereocenters. The minimum Gasteiger partial charge on any atom is -0.379 e. The molecule has 1 saturated carbocycles. The lowest BCUT2D eigenvalue weighted by Gasteiger charge is -2.39. The van der Waals surface area contributed by atoms with Gasteiger partial charge in [0.25, 0.3) is 0 Å². The van der Waals surface area contributed by atoms with E-state index in [1.807, 2.05) is 0 Å². The zero-order valence-electron chi connectivity index (χ0n) is 15.0. The van der Waals surface area contributed by atoms with Crippen molar-refractivity contribution in [1.82, 2.24) is 20.0 Å². The van der Waals surface area contributed by atoms with Gasteiger partial charge in [-0.05, 0) is 39.7 Å². The van der Waals surface area contributed by atoms with Crippen molar-refractivity contribution in [3.63, 3.8) is 0 Å². The molecule has 130 valence electrons. The first-order valence-electron chi connectivity index (χ1n) is 9.15. The lowest BCUT2D eigenvalue weighted by atomic mass is 9.95. The van der Waals surface area contributed by atoms with E-state index in [1.165, 1.54) is 31.4 Å². The van der Waals surface area contributed by atoms with E-state index < -0.39 is 0 Å². The summed E-state index contributed by atoms with van der Waals surface area (Å²) < 4.78 is 7.64. The molecule has 5 nitrogen and oxygen atoms in total. The largest absolute Gasteiger partial charge is 0.379 e. The van der Waals surface area contributed by atoms with Gasteiger partial charge in [0.1, 0.15) is 0 Å². The Morgan fingerprint density at radius 2 is 1.96 bits per heavy atom. The van der Waals surface area contributed by atoms with Gasteiger partial charge >= 0.3 is 0 Å². The molecule has 23 heavy (non-hydrogen) atoms. The molecule has 1 aliphatic carbocycles. The summed E-state index contributed by atoms with van der Waals surface area (Å²) in [6.07, 6.45) is 5.30. The van der Waals surface area contributed by atoms with Crippen LogP contribution in [-0.4, -0.2) is 59.1 Å². The average molecular weight is 320 g/mol. The van der Waals surface area contributed by atoms with Gasteiger partial charge < -0.3 is 10.1 Å². The van der Waals surface area contributed by atoms with Crippen molar-refractivity contribution >= 4 is 0 Å². The summed E-state index contributed by atoms with van der Waals surface area (Å²) in [5.41, 5.74) is 2.65. The zero-order valence-corrected chi connectivity index (χ0v) is 15.0. The fourth-order valence-electron chi connectivity index (χ4n) is 4.27. The van der Waals surface area contributed by atoms with E-state index in [-0.39, 0.29) is 5.54 Å². The first kappa shape index (κ1) is 16.9. The predicted octanol–water partition coefficient (Wildman–Crippen LogP) is 2.12. The zero-order chi connectivity index (χ0) is 16.3. The van der Waals surface area contributed by atoms with Crippen LogP contribution in [-0.2, 0) is 11.3 Å². The van der Waals surface area contributed by atoms with E-state index in [2.05, 4.69) is 46.8 Å². The molecule has 0 amide bonds. The maximum Gasteiger partial charge on any atom is 0.0596 e. The maximum atomic E-state index is 5.50. The minimum absolute atomic E-state index is 0.285. The van der Waals surface area contributed by atoms with Gasteiger partial charge in [0.15, 0.2) is 0 Å². The first-order valence-corrected chi connectivity index (χ1v) is 9.15. The van der Waals surface area contributed by atoms with Crippen molar-refractivity contribution in [2.24, 2.45) is 0 Å². The second-order valence-electron chi connectivity index (χ2n) is 7.53. The van der Waals surface area contributed by atoms with Crippen LogP contribution in [0.25, 0.3) is 0 Å². The van der Waals surface area contributed by atoms with Crippen molar-refractivity contribution in [2.45, 2.75) is 64.6 Å². The molecule has 3 rings (SSSR count). The summed E-state index contributed by atoms with van der Waals surface area (Å²) >= 11 is 0. The van der Waals surface area contributed by atoms with Crippen molar-refractivity contribution in [1.29, 1.82) is 0 Å². The molecular formula is C18H32N4O. The van der Waals surface area contributed by atoms with Gasteiger partial charge in [-0.1, -0.05) is 12.8 Å². The normalized spacial score (nSPS) is 23.3. The molecule has 0 bridgehead atoms. The Kier molecular flexibility index (Phi) is 5.39. The van der Waals surface area contributed by atoms with Gasteiger partial charge in [0.05, 0.1) is 25.5 Å². The third-order valence-corrected chi connectivity index (χ3v) is 5.29. The number of nitrogens with one attached hydrogen (secondary N) is 1. The number of nitrogens with zero attached hydrogens (tertiary/aromatic N) is 3. The molecule has 5 heteroatoms. The molecule has 2 aliphatic rings. The maximum absolute atomic E-state index is 5.50. The molecule has 1 aromatic heterocycles. The van der Waals surface area contributed by atoms with Crippen LogP contribution in [0.2, 0.25) is 0 Å². The molecule has 2 fully saturated rings. The topological polar surface area (TPSA) is 42.3 Å². The number of morpholine rings is 1. The number of hydrogen-bond acceptors (Lipinski definition) is 4. The van der Waals surface area contributed by atoms with E-state index in [4.69, 9.17) is 4.74 Å². The second-order valence-corrected chi connectivity index (χ2v) is 7.53. The smallest absolute Gasteiger partial charge is 0.0596 e. The van der Waals surface area contributed by atoms with Crippen LogP contribution in [0.15, 0.2) is 6.07 Å². The van der Waals surface area contributed by atoms with Crippen molar-refractivity contribution in [3.8, 4) is 0 Å². The summed E-state index contributed by atoms with van der Waals surface area (Å²) in [4.78, 5) is 2.58. The van der Waals surface area contributed by atoms with Gasteiger partial charge in [0.2, 0.25) is 0 Å². The number of ether oxygens (including phenoxy) is 1. The van der Waals surface area contributed by atoms with Gasteiger partial charge in [-0.25, -0.2) is 0 Å². The number of hydrogen-bond donors (Lipinski definition) is 1. The fraction of sp³-hybridized carbons (Fsp3) is 0.833. The second kappa shape index (κ2) is 7.32. The lowest BCUT2D eigenvalue weighted by molar-refractivity contribution is 0.0224. The van der Waals surface area contributed by atoms with Crippen LogP contribution in [0, 0.1) is 13.8 Å². The van der Waals surface area contributed by atoms with Gasteiger partial charge in [-0.2, -0.15) is 5.10 Å². The number of aryl methyl sites for hydroxylation is 2. The van der Waals surface area contributed by atoms with E-state index >= 15 is 0 Å². The molecule has 1 aromatic rings. The molecule has 0 spiro atoms. The summed E-state index contributed by atoms with van der Waals surface area (Å²) in [6, 6.07) is 2.60. The fourth-order valence-corrected chi connectivity index (χ4v) is 4.27. The third-order valence-electron chi connectivity index (χ3n) is 5.29. The Morgan fingerprint density at radius 1 is 1.26 bits per heavy atom. The molecule has 0 aromatic carbocycles. The van der Waals surface area contributed by atoms with Crippen LogP contribution in [0.4, 0.5) is 0 Å². The molecule has 1 aliphatic heterocycles. The molecule has 1 atom stereocenters. The highest BCUT2D eigenvalue weighted by Gasteiger charge is 2.36. The Labute approximate surface area is 140 Å². The van der Waals surface area contributed by atoms with Crippen molar-refractivity contribution in [3.05, 3.63) is 17.5 Å². The SMILES string of the molecule is Cc1cc(C)n(C[C@H](C)NC2(CN3CCOCC3)CCCC2)n1. The van der Waals surface area contributed by atoms with Crippen LogP contribution in [0.1, 0.15) is 44.0 Å². The van der Waals surface area contributed by atoms with Crippen LogP contribution in [0.5, 0.6) is 0 Å². The molecule has 1 N–H and O–H groups in total. The highest BCUT2D eigenvalue weighted by atomic mass is 16.5. The summed E-state index contributed by atoms with van der Waals surface area (Å²) in [5, 5.41) is 8.59. The van der Waals surface area contributed by atoms with Crippen LogP contribution >= 0.6 is 0 Å². The summed E-state index contributed by atoms with van der Waals surface area (Å²) in [5.74, 6) is 0. The first-order chi connectivity index (χ1) is 11.1. The Balaban J connectivity index is 1.60. The molecule has 1 saturated heterocycles. The van der Waals surface area contributed by atoms with E-state index in [0.29, 0.717) is 6.04 Å². The monoisotopic (exact) mass is 320 g/mol. The standard InChI is InChI=1S/C18H32N4O/c1-15-12-17(3)22(20-15)13-16(2)19-18(6-4-5-7-18)14-21-8-10-23-11-9-21/h12,16,19H,4-11,13-14H2,1-3H3/t16-/m0/s1. The highest BCUT2D eigenvalue weighted by molar-refractivity contribution is 5.07. The Bertz CT molecular complexity index is 501. The lowest BCUT2D eigenvalue weighted by Crippen LogP contribution is -2.57. The van der Waals surface area contributed by atoms with Crippen molar-refractivity contribution in [2.75, 3.05) is 32.8 Å². The van der Waals surface area contributed by atoms with Gasteiger partial charge in [0, 0.05) is 36.9 Å². The summed E-state index contributed by atoms with van der Waals surface area (Å²) in [6.45, 7) is 12.6.